The van der Waals surface area contributed by atoms with Gasteiger partial charge in [-0.2, -0.15) is 0 Å². The number of carbonyl (C=O) groups excluding carboxylic acids is 1. The van der Waals surface area contributed by atoms with Gasteiger partial charge in [-0.15, -0.1) is 11.3 Å². The van der Waals surface area contributed by atoms with Gasteiger partial charge in [-0.1, -0.05) is 0 Å². The summed E-state index contributed by atoms with van der Waals surface area (Å²) in [6.45, 7) is 8.27. The molecule has 142 valence electrons. The lowest BCUT2D eigenvalue weighted by atomic mass is 10.2. The van der Waals surface area contributed by atoms with Crippen molar-refractivity contribution in [2.45, 2.75) is 26.8 Å². The molecule has 2 N–H and O–H groups in total. The van der Waals surface area contributed by atoms with Crippen LogP contribution >= 0.6 is 11.3 Å². The van der Waals surface area contributed by atoms with Crippen LogP contribution in [-0.4, -0.2) is 46.0 Å². The van der Waals surface area contributed by atoms with Gasteiger partial charge >= 0.3 is 0 Å². The van der Waals surface area contributed by atoms with E-state index in [0.29, 0.717) is 17.5 Å². The fourth-order valence-electron chi connectivity index (χ4n) is 3.34. The zero-order valence-corrected chi connectivity index (χ0v) is 16.2. The number of aryl methyl sites for hydroxylation is 2. The molecule has 1 fully saturated rings. The van der Waals surface area contributed by atoms with E-state index in [9.17, 15) is 9.18 Å². The van der Waals surface area contributed by atoms with E-state index in [2.05, 4.69) is 32.4 Å². The van der Waals surface area contributed by atoms with Crippen molar-refractivity contribution < 1.29 is 9.18 Å². The predicted molar refractivity (Wildman–Crippen MR) is 104 cm³/mol. The number of anilines is 2. The number of nitrogens with one attached hydrogen (secondary N) is 2. The summed E-state index contributed by atoms with van der Waals surface area (Å²) < 4.78 is 16.2. The third kappa shape index (κ3) is 3.52. The zero-order valence-electron chi connectivity index (χ0n) is 15.4. The Morgan fingerprint density at radius 1 is 1.37 bits per heavy atom. The Morgan fingerprint density at radius 2 is 2.19 bits per heavy atom. The van der Waals surface area contributed by atoms with Crippen molar-refractivity contribution in [2.75, 3.05) is 29.9 Å². The van der Waals surface area contributed by atoms with E-state index in [1.54, 1.807) is 6.20 Å². The molecule has 3 aromatic heterocycles. The second kappa shape index (κ2) is 6.90. The van der Waals surface area contributed by atoms with Gasteiger partial charge in [0.15, 0.2) is 11.5 Å². The van der Waals surface area contributed by atoms with Crippen LogP contribution in [0.15, 0.2) is 18.5 Å². The van der Waals surface area contributed by atoms with Crippen molar-refractivity contribution in [1.82, 2.24) is 19.7 Å². The minimum Gasteiger partial charge on any atom is -0.361 e. The number of halogens is 1. The summed E-state index contributed by atoms with van der Waals surface area (Å²) in [6, 6.07) is 1.78. The van der Waals surface area contributed by atoms with E-state index < -0.39 is 11.7 Å². The fraction of sp³-hybridized carbons (Fsp3) is 0.389. The molecule has 0 aliphatic carbocycles. The molecule has 1 amide bonds. The van der Waals surface area contributed by atoms with E-state index >= 15 is 0 Å². The maximum Gasteiger partial charge on any atom is 0.270 e. The number of rotatable bonds is 3. The molecule has 1 aliphatic rings. The molecule has 27 heavy (non-hydrogen) atoms. The first-order chi connectivity index (χ1) is 12.9. The standard InChI is InChI=1S/C18H21FN6OS/c1-10-7-24(5-4-20-10)15-6-13(19)16(27-15)18(26)23-14-9-25-8-11(2)21-12(3)17(25)22-14/h6,8-10,20H,4-5,7H2,1-3H3,(H,23,26). The smallest absolute Gasteiger partial charge is 0.270 e. The Hall–Kier alpha value is -2.52. The molecule has 1 saturated heterocycles. The predicted octanol–water partition coefficient (Wildman–Crippen LogP) is 2.60. The molecule has 7 nitrogen and oxygen atoms in total. The van der Waals surface area contributed by atoms with Crippen LogP contribution in [0.2, 0.25) is 0 Å². The summed E-state index contributed by atoms with van der Waals surface area (Å²) >= 11 is 1.17. The molecule has 9 heteroatoms. The lowest BCUT2D eigenvalue weighted by molar-refractivity contribution is 0.102. The summed E-state index contributed by atoms with van der Waals surface area (Å²) in [4.78, 5) is 23.5. The van der Waals surface area contributed by atoms with Gasteiger partial charge in [-0.3, -0.25) is 9.78 Å². The molecule has 0 spiro atoms. The summed E-state index contributed by atoms with van der Waals surface area (Å²) in [5, 5.41) is 6.83. The Labute approximate surface area is 160 Å². The quantitative estimate of drug-likeness (QED) is 0.721. The first-order valence-electron chi connectivity index (χ1n) is 8.82. The average Bonchev–Trinajstić information content (AvgIpc) is 3.18. The number of fused-ring (bicyclic) bond motifs is 1. The fourth-order valence-corrected chi connectivity index (χ4v) is 4.30. The van der Waals surface area contributed by atoms with Gasteiger partial charge < -0.3 is 19.9 Å². The van der Waals surface area contributed by atoms with Gasteiger partial charge in [0.1, 0.15) is 10.7 Å². The van der Waals surface area contributed by atoms with Gasteiger partial charge in [0.2, 0.25) is 0 Å². The number of thiophene rings is 1. The Morgan fingerprint density at radius 3 is 2.96 bits per heavy atom. The summed E-state index contributed by atoms with van der Waals surface area (Å²) in [6.07, 6.45) is 3.54. The normalized spacial score (nSPS) is 17.5. The molecule has 3 aromatic rings. The Bertz CT molecular complexity index is 1010. The number of hydrogen-bond acceptors (Lipinski definition) is 6. The van der Waals surface area contributed by atoms with Crippen molar-refractivity contribution >= 4 is 33.7 Å². The molecule has 1 unspecified atom stereocenters. The Kier molecular flexibility index (Phi) is 4.56. The lowest BCUT2D eigenvalue weighted by Crippen LogP contribution is -2.49. The van der Waals surface area contributed by atoms with Crippen LogP contribution < -0.4 is 15.5 Å². The minimum atomic E-state index is -0.504. The number of piperazine rings is 1. The van der Waals surface area contributed by atoms with Crippen molar-refractivity contribution in [2.24, 2.45) is 0 Å². The second-order valence-corrected chi connectivity index (χ2v) is 7.87. The molecule has 4 rings (SSSR count). The zero-order chi connectivity index (χ0) is 19.1. The molecule has 1 aliphatic heterocycles. The van der Waals surface area contributed by atoms with E-state index in [0.717, 1.165) is 36.0 Å². The van der Waals surface area contributed by atoms with Crippen LogP contribution in [0.3, 0.4) is 0 Å². The topological polar surface area (TPSA) is 74.6 Å². The first-order valence-corrected chi connectivity index (χ1v) is 9.64. The highest BCUT2D eigenvalue weighted by atomic mass is 32.1. The summed E-state index contributed by atoms with van der Waals surface area (Å²) in [5.41, 5.74) is 2.29. The minimum absolute atomic E-state index is 0.0688. The molecular formula is C18H21FN6OS. The monoisotopic (exact) mass is 388 g/mol. The molecule has 4 heterocycles. The second-order valence-electron chi connectivity index (χ2n) is 6.84. The summed E-state index contributed by atoms with van der Waals surface area (Å²) in [5.74, 6) is -0.616. The van der Waals surface area contributed by atoms with E-state index in [1.165, 1.54) is 17.4 Å². The maximum atomic E-state index is 14.4. The van der Waals surface area contributed by atoms with E-state index in [4.69, 9.17) is 0 Å². The number of amides is 1. The maximum absolute atomic E-state index is 14.4. The number of carbonyl (C=O) groups is 1. The SMILES string of the molecule is Cc1cn2cc(NC(=O)c3sc(N4CCNC(C)C4)cc3F)nc2c(C)n1. The number of nitrogens with zero attached hydrogens (tertiary/aromatic N) is 4. The first kappa shape index (κ1) is 17.9. The van der Waals surface area contributed by atoms with Crippen molar-refractivity contribution in [3.8, 4) is 0 Å². The number of imidazole rings is 1. The number of hydrogen-bond donors (Lipinski definition) is 2. The molecule has 0 aromatic carbocycles. The van der Waals surface area contributed by atoms with E-state index in [-0.39, 0.29) is 4.88 Å². The van der Waals surface area contributed by atoms with Crippen molar-refractivity contribution in [3.05, 3.63) is 40.5 Å². The Balaban J connectivity index is 1.56. The van der Waals surface area contributed by atoms with Crippen molar-refractivity contribution in [3.63, 3.8) is 0 Å². The van der Waals surface area contributed by atoms with Gasteiger partial charge in [-0.25, -0.2) is 9.37 Å². The average molecular weight is 388 g/mol. The molecular weight excluding hydrogens is 367 g/mol. The van der Waals surface area contributed by atoms with Crippen LogP contribution in [-0.2, 0) is 0 Å². The highest BCUT2D eigenvalue weighted by Gasteiger charge is 2.23. The van der Waals surface area contributed by atoms with Crippen LogP contribution in [0.5, 0.6) is 0 Å². The third-order valence-electron chi connectivity index (χ3n) is 4.53. The largest absolute Gasteiger partial charge is 0.361 e. The van der Waals surface area contributed by atoms with Crippen LogP contribution in [0, 0.1) is 19.7 Å². The highest BCUT2D eigenvalue weighted by molar-refractivity contribution is 7.18. The number of aromatic nitrogens is 3. The van der Waals surface area contributed by atoms with Gasteiger partial charge in [0, 0.05) is 37.9 Å². The highest BCUT2D eigenvalue weighted by Crippen LogP contribution is 2.30. The molecule has 0 radical (unpaired) electrons. The van der Waals surface area contributed by atoms with Gasteiger partial charge in [-0.05, 0) is 20.8 Å². The molecule has 0 saturated carbocycles. The van der Waals surface area contributed by atoms with Gasteiger partial charge in [0.05, 0.1) is 22.6 Å². The molecule has 0 bridgehead atoms. The van der Waals surface area contributed by atoms with Crippen LogP contribution in [0.1, 0.15) is 28.0 Å². The van der Waals surface area contributed by atoms with Gasteiger partial charge in [0.25, 0.3) is 5.91 Å². The molecule has 1 atom stereocenters. The van der Waals surface area contributed by atoms with Crippen molar-refractivity contribution in [1.29, 1.82) is 0 Å². The third-order valence-corrected chi connectivity index (χ3v) is 5.70. The summed E-state index contributed by atoms with van der Waals surface area (Å²) in [7, 11) is 0. The van der Waals surface area contributed by atoms with Crippen LogP contribution in [0.25, 0.3) is 5.65 Å². The van der Waals surface area contributed by atoms with E-state index in [1.807, 2.05) is 24.4 Å². The van der Waals surface area contributed by atoms with Crippen LogP contribution in [0.4, 0.5) is 15.2 Å². The lowest BCUT2D eigenvalue weighted by Gasteiger charge is -2.32.